The Bertz CT molecular complexity index is 1430. The second kappa shape index (κ2) is 28.5. The third-order valence-electron chi connectivity index (χ3n) is 9.64. The first-order valence-corrected chi connectivity index (χ1v) is 19.8. The van der Waals surface area contributed by atoms with Gasteiger partial charge in [-0.05, 0) is 170 Å². The topological polar surface area (TPSA) is 30.5 Å². The van der Waals surface area contributed by atoms with E-state index in [1.54, 1.807) is 0 Å². The predicted octanol–water partition coefficient (Wildman–Crippen LogP) is 15.0. The number of hydrogen-bond donors (Lipinski definition) is 1. The molecule has 0 fully saturated rings. The summed E-state index contributed by atoms with van der Waals surface area (Å²) in [6.07, 6.45) is 35.5. The Morgan fingerprint density at radius 3 is 1.21 bits per heavy atom. The van der Waals surface area contributed by atoms with Crippen molar-refractivity contribution in [3.8, 4) is 11.5 Å². The van der Waals surface area contributed by atoms with Gasteiger partial charge in [-0.2, -0.15) is 0 Å². The highest BCUT2D eigenvalue weighted by molar-refractivity contribution is 5.85. The van der Waals surface area contributed by atoms with Crippen LogP contribution in [-0.2, 0) is 6.54 Å². The van der Waals surface area contributed by atoms with E-state index in [0.29, 0.717) is 6.79 Å². The number of benzene rings is 1. The molecule has 1 aliphatic heterocycles. The van der Waals surface area contributed by atoms with Crippen LogP contribution in [0.25, 0.3) is 0 Å². The van der Waals surface area contributed by atoms with Crippen molar-refractivity contribution in [2.75, 3.05) is 13.3 Å². The van der Waals surface area contributed by atoms with Crippen LogP contribution in [0.5, 0.6) is 11.5 Å². The van der Waals surface area contributed by atoms with Crippen LogP contribution in [-0.4, -0.2) is 13.3 Å². The molecule has 0 aliphatic carbocycles. The largest absolute Gasteiger partial charge is 0.454 e. The molecule has 0 amide bonds. The molecule has 0 saturated carbocycles. The Balaban J connectivity index is 0.0000135. The quantitative estimate of drug-likeness (QED) is 0.0802. The Morgan fingerprint density at radius 1 is 0.481 bits per heavy atom. The minimum Gasteiger partial charge on any atom is -0.454 e. The van der Waals surface area contributed by atoms with Gasteiger partial charge in [0.15, 0.2) is 11.5 Å². The summed E-state index contributed by atoms with van der Waals surface area (Å²) in [6.45, 7) is 22.4. The molecule has 1 aliphatic rings. The van der Waals surface area contributed by atoms with Crippen LogP contribution in [0.3, 0.4) is 0 Å². The number of hydrogen-bond acceptors (Lipinski definition) is 3. The summed E-state index contributed by atoms with van der Waals surface area (Å²) in [4.78, 5) is 0. The smallest absolute Gasteiger partial charge is 0.231 e. The maximum atomic E-state index is 5.47. The average Bonchev–Trinajstić information content (AvgIpc) is 3.55. The first-order chi connectivity index (χ1) is 24.5. The maximum absolute atomic E-state index is 5.47. The number of ether oxygens (including phenoxy) is 2. The molecule has 0 unspecified atom stereocenters. The number of allylic oxidation sites excluding steroid dienone is 15. The molecule has 1 aromatic rings. The van der Waals surface area contributed by atoms with E-state index in [1.807, 2.05) is 6.07 Å². The van der Waals surface area contributed by atoms with Gasteiger partial charge in [0.05, 0.1) is 0 Å². The third kappa shape index (κ3) is 23.5. The van der Waals surface area contributed by atoms with Gasteiger partial charge in [0, 0.05) is 13.1 Å². The van der Waals surface area contributed by atoms with E-state index in [2.05, 4.69) is 128 Å². The normalized spacial score (nSPS) is 14.5. The fraction of sp³-hybridized carbons (Fsp3) is 0.542. The third-order valence-corrected chi connectivity index (χ3v) is 9.64. The molecule has 4 heteroatoms. The molecule has 0 aromatic heterocycles. The second-order valence-corrected chi connectivity index (χ2v) is 15.2. The van der Waals surface area contributed by atoms with Crippen molar-refractivity contribution in [2.24, 2.45) is 0 Å². The molecular weight excluding hydrogens is 658 g/mol. The van der Waals surface area contributed by atoms with Gasteiger partial charge in [-0.15, -0.1) is 12.4 Å². The molecule has 52 heavy (non-hydrogen) atoms. The minimum atomic E-state index is 0. The Morgan fingerprint density at radius 2 is 0.827 bits per heavy atom. The van der Waals surface area contributed by atoms with E-state index >= 15 is 0 Å². The zero-order chi connectivity index (χ0) is 37.3. The molecule has 0 spiro atoms. The average molecular weight is 733 g/mol. The van der Waals surface area contributed by atoms with Gasteiger partial charge in [-0.3, -0.25) is 0 Å². The van der Waals surface area contributed by atoms with Crippen molar-refractivity contribution >= 4 is 12.4 Å². The number of halogens is 1. The Hall–Kier alpha value is -3.01. The van der Waals surface area contributed by atoms with E-state index < -0.39 is 0 Å². The van der Waals surface area contributed by atoms with Crippen molar-refractivity contribution in [2.45, 2.75) is 159 Å². The van der Waals surface area contributed by atoms with E-state index in [0.717, 1.165) is 69.5 Å². The van der Waals surface area contributed by atoms with Gasteiger partial charge in [0.1, 0.15) is 0 Å². The Kier molecular flexibility index (Phi) is 25.8. The summed E-state index contributed by atoms with van der Waals surface area (Å²) >= 11 is 0. The lowest BCUT2D eigenvalue weighted by atomic mass is 10.0. The molecule has 2 rings (SSSR count). The fourth-order valence-electron chi connectivity index (χ4n) is 6.09. The van der Waals surface area contributed by atoms with Crippen LogP contribution in [0.15, 0.2) is 111 Å². The van der Waals surface area contributed by atoms with E-state index in [-0.39, 0.29) is 12.4 Å². The van der Waals surface area contributed by atoms with Gasteiger partial charge in [0.25, 0.3) is 0 Å². The molecule has 0 bridgehead atoms. The van der Waals surface area contributed by atoms with Gasteiger partial charge >= 0.3 is 0 Å². The van der Waals surface area contributed by atoms with E-state index in [4.69, 9.17) is 9.47 Å². The van der Waals surface area contributed by atoms with Gasteiger partial charge in [0.2, 0.25) is 6.79 Å². The summed E-state index contributed by atoms with van der Waals surface area (Å²) < 4.78 is 10.9. The zero-order valence-corrected chi connectivity index (χ0v) is 35.4. The lowest BCUT2D eigenvalue weighted by Crippen LogP contribution is -2.13. The standard InChI is InChI=1S/C48H73NO2.ClH/c1-38(2)17-10-18-39(3)19-11-20-40(4)21-12-22-41(5)23-13-24-42(6)25-14-26-43(7)27-15-28-44(8)29-16-30-45(9)33-34-49-36-46-31-32-47-48(35-46)51-37-50-47;/h17,19,21,23,25,27,29,31-33,35,49H,10-16,18,20,22,24,26,28,30,34,36-37H2,1-9H3;1H/b39-19?,40-21?,41-23?,42-25?,43-27?,44-29+,45-33+;. The predicted molar refractivity (Wildman–Crippen MR) is 232 cm³/mol. The maximum Gasteiger partial charge on any atom is 0.231 e. The van der Waals surface area contributed by atoms with Crippen molar-refractivity contribution < 1.29 is 9.47 Å². The van der Waals surface area contributed by atoms with Crippen molar-refractivity contribution in [1.82, 2.24) is 5.32 Å². The molecule has 290 valence electrons. The van der Waals surface area contributed by atoms with Crippen LogP contribution in [0, 0.1) is 0 Å². The first-order valence-electron chi connectivity index (χ1n) is 19.8. The highest BCUT2D eigenvalue weighted by Gasteiger charge is 2.12. The van der Waals surface area contributed by atoms with Crippen molar-refractivity contribution in [1.29, 1.82) is 0 Å². The molecule has 0 saturated heterocycles. The fourth-order valence-corrected chi connectivity index (χ4v) is 6.09. The minimum absolute atomic E-state index is 0. The van der Waals surface area contributed by atoms with Crippen molar-refractivity contribution in [3.05, 3.63) is 117 Å². The number of rotatable bonds is 25. The number of nitrogens with one attached hydrogen (secondary N) is 1. The molecule has 1 aromatic carbocycles. The molecule has 0 radical (unpaired) electrons. The highest BCUT2D eigenvalue weighted by atomic mass is 35.5. The SMILES string of the molecule is CC(C)=CCCC(C)=CCCC(C)=CCCC(C)=CCCC(C)=CCCC(C)=CCC/C(C)=C/CC/C(C)=C/CNCc1ccc2c(c1)OCO2.Cl. The van der Waals surface area contributed by atoms with Crippen LogP contribution < -0.4 is 14.8 Å². The molecule has 1 N–H and O–H groups in total. The van der Waals surface area contributed by atoms with Crippen LogP contribution in [0.2, 0.25) is 0 Å². The summed E-state index contributed by atoms with van der Waals surface area (Å²) in [6, 6.07) is 6.15. The lowest BCUT2D eigenvalue weighted by molar-refractivity contribution is 0.174. The van der Waals surface area contributed by atoms with Gasteiger partial charge in [-0.1, -0.05) is 99.3 Å². The van der Waals surface area contributed by atoms with Crippen LogP contribution >= 0.6 is 12.4 Å². The van der Waals surface area contributed by atoms with Crippen LogP contribution in [0.4, 0.5) is 0 Å². The molecule has 1 heterocycles. The summed E-state index contributed by atoms with van der Waals surface area (Å²) in [5, 5.41) is 3.51. The zero-order valence-electron chi connectivity index (χ0n) is 34.6. The lowest BCUT2D eigenvalue weighted by Gasteiger charge is -2.05. The first kappa shape index (κ1) is 47.0. The number of fused-ring (bicyclic) bond motifs is 1. The second-order valence-electron chi connectivity index (χ2n) is 15.2. The van der Waals surface area contributed by atoms with Crippen LogP contribution in [0.1, 0.15) is 158 Å². The molecule has 0 atom stereocenters. The van der Waals surface area contributed by atoms with Crippen molar-refractivity contribution in [3.63, 3.8) is 0 Å². The van der Waals surface area contributed by atoms with E-state index in [9.17, 15) is 0 Å². The highest BCUT2D eigenvalue weighted by Crippen LogP contribution is 2.32. The summed E-state index contributed by atoms with van der Waals surface area (Å²) in [5.41, 5.74) is 13.2. The summed E-state index contributed by atoms with van der Waals surface area (Å²) in [7, 11) is 0. The van der Waals surface area contributed by atoms with Gasteiger partial charge < -0.3 is 14.8 Å². The monoisotopic (exact) mass is 732 g/mol. The molecular formula is C48H74ClNO2. The van der Waals surface area contributed by atoms with Gasteiger partial charge in [-0.25, -0.2) is 0 Å². The Labute approximate surface area is 326 Å². The summed E-state index contributed by atoms with van der Waals surface area (Å²) in [5.74, 6) is 1.69. The van der Waals surface area contributed by atoms with E-state index in [1.165, 1.54) is 95.1 Å². The molecule has 3 nitrogen and oxygen atoms in total.